The predicted molar refractivity (Wildman–Crippen MR) is 91.6 cm³/mol. The SMILES string of the molecule is Nc1nc(CC(=O)N/N=C/c2c(O)ccc3ccccc23)cs1. The number of carbonyl (C=O) groups excluding carboxylic acids is 1. The maximum atomic E-state index is 11.8. The van der Waals surface area contributed by atoms with Gasteiger partial charge < -0.3 is 10.8 Å². The summed E-state index contributed by atoms with van der Waals surface area (Å²) in [6.45, 7) is 0. The van der Waals surface area contributed by atoms with Gasteiger partial charge >= 0.3 is 0 Å². The Morgan fingerprint density at radius 3 is 2.96 bits per heavy atom. The highest BCUT2D eigenvalue weighted by Gasteiger charge is 2.07. The molecule has 0 spiro atoms. The number of nitrogens with one attached hydrogen (secondary N) is 1. The number of hydrazone groups is 1. The summed E-state index contributed by atoms with van der Waals surface area (Å²) in [5.74, 6) is -0.194. The molecule has 3 aromatic rings. The Morgan fingerprint density at radius 2 is 2.17 bits per heavy atom. The fourth-order valence-corrected chi connectivity index (χ4v) is 2.76. The number of nitrogens with two attached hydrogens (primary N) is 1. The lowest BCUT2D eigenvalue weighted by molar-refractivity contribution is -0.120. The van der Waals surface area contributed by atoms with E-state index in [4.69, 9.17) is 5.73 Å². The van der Waals surface area contributed by atoms with Gasteiger partial charge in [-0.2, -0.15) is 5.10 Å². The second-order valence-corrected chi connectivity index (χ2v) is 5.76. The van der Waals surface area contributed by atoms with Gasteiger partial charge in [0.1, 0.15) is 5.75 Å². The molecule has 0 radical (unpaired) electrons. The molecule has 0 fully saturated rings. The van der Waals surface area contributed by atoms with Crippen molar-refractivity contribution in [3.63, 3.8) is 0 Å². The maximum absolute atomic E-state index is 11.8. The number of hydrogen-bond donors (Lipinski definition) is 3. The molecule has 0 aliphatic heterocycles. The number of rotatable bonds is 4. The number of phenolic OH excluding ortho intramolecular Hbond substituents is 1. The van der Waals surface area contributed by atoms with Crippen LogP contribution in [0.3, 0.4) is 0 Å². The first kappa shape index (κ1) is 15.0. The van der Waals surface area contributed by atoms with Crippen molar-refractivity contribution in [3.8, 4) is 5.75 Å². The zero-order chi connectivity index (χ0) is 16.2. The van der Waals surface area contributed by atoms with Crippen molar-refractivity contribution in [2.45, 2.75) is 6.42 Å². The lowest BCUT2D eigenvalue weighted by Crippen LogP contribution is -2.20. The van der Waals surface area contributed by atoms with E-state index in [0.717, 1.165) is 10.8 Å². The largest absolute Gasteiger partial charge is 0.507 e. The quantitative estimate of drug-likeness (QED) is 0.506. The molecule has 0 atom stereocenters. The van der Waals surface area contributed by atoms with Gasteiger partial charge in [-0.05, 0) is 16.8 Å². The van der Waals surface area contributed by atoms with E-state index < -0.39 is 0 Å². The van der Waals surface area contributed by atoms with Crippen molar-refractivity contribution in [2.75, 3.05) is 5.73 Å². The number of aromatic nitrogens is 1. The normalized spacial score (nSPS) is 11.1. The first-order chi connectivity index (χ1) is 11.1. The summed E-state index contributed by atoms with van der Waals surface area (Å²) in [5, 5.41) is 17.9. The van der Waals surface area contributed by atoms with Crippen LogP contribution in [0.25, 0.3) is 10.8 Å². The Morgan fingerprint density at radius 1 is 1.35 bits per heavy atom. The number of nitrogens with zero attached hydrogens (tertiary/aromatic N) is 2. The van der Waals surface area contributed by atoms with E-state index in [1.165, 1.54) is 17.6 Å². The molecule has 3 rings (SSSR count). The second kappa shape index (κ2) is 6.45. The molecule has 0 bridgehead atoms. The van der Waals surface area contributed by atoms with E-state index >= 15 is 0 Å². The van der Waals surface area contributed by atoms with Crippen molar-refractivity contribution in [3.05, 3.63) is 53.0 Å². The molecule has 6 nitrogen and oxygen atoms in total. The number of fused-ring (bicyclic) bond motifs is 1. The molecule has 0 aliphatic carbocycles. The lowest BCUT2D eigenvalue weighted by atomic mass is 10.0. The van der Waals surface area contributed by atoms with Gasteiger partial charge in [0.05, 0.1) is 18.3 Å². The monoisotopic (exact) mass is 326 g/mol. The molecule has 0 unspecified atom stereocenters. The van der Waals surface area contributed by atoms with E-state index in [9.17, 15) is 9.90 Å². The highest BCUT2D eigenvalue weighted by Crippen LogP contribution is 2.25. The first-order valence-electron chi connectivity index (χ1n) is 6.86. The average molecular weight is 326 g/mol. The summed E-state index contributed by atoms with van der Waals surface area (Å²) < 4.78 is 0. The highest BCUT2D eigenvalue weighted by atomic mass is 32.1. The van der Waals surface area contributed by atoms with Crippen molar-refractivity contribution >= 4 is 39.4 Å². The van der Waals surface area contributed by atoms with Crippen LogP contribution in [0, 0.1) is 0 Å². The van der Waals surface area contributed by atoms with Crippen molar-refractivity contribution < 1.29 is 9.90 Å². The topological polar surface area (TPSA) is 101 Å². The van der Waals surface area contributed by atoms with Gasteiger partial charge in [-0.1, -0.05) is 30.3 Å². The molecule has 2 aromatic carbocycles. The standard InChI is InChI=1S/C16H14N4O2S/c17-16-19-11(9-23-16)7-15(22)20-18-8-13-12-4-2-1-3-10(12)5-6-14(13)21/h1-6,8-9,21H,7H2,(H2,17,19)(H,20,22)/b18-8+. The molecule has 1 aromatic heterocycles. The minimum absolute atomic E-state index is 0.104. The van der Waals surface area contributed by atoms with Gasteiger partial charge in [0.15, 0.2) is 5.13 Å². The Balaban J connectivity index is 1.73. The molecule has 0 aliphatic rings. The average Bonchev–Trinajstić information content (AvgIpc) is 2.94. The minimum Gasteiger partial charge on any atom is -0.507 e. The summed E-state index contributed by atoms with van der Waals surface area (Å²) in [7, 11) is 0. The molecular weight excluding hydrogens is 312 g/mol. The Kier molecular flexibility index (Phi) is 4.20. The summed E-state index contributed by atoms with van der Waals surface area (Å²) in [6.07, 6.45) is 1.54. The van der Waals surface area contributed by atoms with Crippen molar-refractivity contribution in [1.29, 1.82) is 0 Å². The highest BCUT2D eigenvalue weighted by molar-refractivity contribution is 7.13. The molecule has 0 saturated carbocycles. The van der Waals surface area contributed by atoms with Crippen LogP contribution in [0.5, 0.6) is 5.75 Å². The van der Waals surface area contributed by atoms with E-state index in [0.29, 0.717) is 16.4 Å². The fourth-order valence-electron chi connectivity index (χ4n) is 2.20. The van der Waals surface area contributed by atoms with Crippen molar-refractivity contribution in [2.24, 2.45) is 5.10 Å². The van der Waals surface area contributed by atoms with Crippen molar-refractivity contribution in [1.82, 2.24) is 10.4 Å². The van der Waals surface area contributed by atoms with Crippen LogP contribution in [0.15, 0.2) is 46.9 Å². The number of benzene rings is 2. The smallest absolute Gasteiger partial charge is 0.246 e. The number of phenols is 1. The zero-order valence-electron chi connectivity index (χ0n) is 12.1. The van der Waals surface area contributed by atoms with Gasteiger partial charge in [0, 0.05) is 10.9 Å². The number of thiazole rings is 1. The zero-order valence-corrected chi connectivity index (χ0v) is 12.9. The molecule has 1 amide bonds. The van der Waals surface area contributed by atoms with Crippen LogP contribution in [0.2, 0.25) is 0 Å². The van der Waals surface area contributed by atoms with Gasteiger partial charge in [-0.15, -0.1) is 11.3 Å². The Labute approximate surface area is 136 Å². The molecule has 23 heavy (non-hydrogen) atoms. The van der Waals surface area contributed by atoms with Gasteiger partial charge in [-0.25, -0.2) is 10.4 Å². The summed E-state index contributed by atoms with van der Waals surface area (Å²) >= 11 is 1.29. The second-order valence-electron chi connectivity index (χ2n) is 4.87. The minimum atomic E-state index is -0.300. The molecule has 0 saturated heterocycles. The number of carbonyl (C=O) groups is 1. The molecule has 4 N–H and O–H groups in total. The Hall–Kier alpha value is -2.93. The number of aromatic hydroxyl groups is 1. The Bertz CT molecular complexity index is 889. The lowest BCUT2D eigenvalue weighted by Gasteiger charge is -2.04. The molecule has 1 heterocycles. The van der Waals surface area contributed by atoms with Crippen LogP contribution in [0.4, 0.5) is 5.13 Å². The van der Waals surface area contributed by atoms with Crippen LogP contribution < -0.4 is 11.2 Å². The van der Waals surface area contributed by atoms with Crippen LogP contribution in [-0.2, 0) is 11.2 Å². The van der Waals surface area contributed by atoms with E-state index in [1.807, 2.05) is 30.3 Å². The first-order valence-corrected chi connectivity index (χ1v) is 7.74. The maximum Gasteiger partial charge on any atom is 0.246 e. The molecule has 116 valence electrons. The van der Waals surface area contributed by atoms with Crippen LogP contribution in [0.1, 0.15) is 11.3 Å². The van der Waals surface area contributed by atoms with Gasteiger partial charge in [0.2, 0.25) is 5.91 Å². The third-order valence-electron chi connectivity index (χ3n) is 3.24. The van der Waals surface area contributed by atoms with Crippen LogP contribution >= 0.6 is 11.3 Å². The van der Waals surface area contributed by atoms with Gasteiger partial charge in [-0.3, -0.25) is 4.79 Å². The predicted octanol–water partition coefficient (Wildman–Crippen LogP) is 2.28. The van der Waals surface area contributed by atoms with E-state index in [1.54, 1.807) is 11.4 Å². The van der Waals surface area contributed by atoms with Gasteiger partial charge in [0.25, 0.3) is 0 Å². The third kappa shape index (κ3) is 3.46. The fraction of sp³-hybridized carbons (Fsp3) is 0.0625. The number of amides is 1. The van der Waals surface area contributed by atoms with Crippen LogP contribution in [-0.4, -0.2) is 22.2 Å². The summed E-state index contributed by atoms with van der Waals surface area (Å²) in [6, 6.07) is 11.1. The number of nitrogen functional groups attached to an aromatic ring is 1. The molecule has 7 heteroatoms. The van der Waals surface area contributed by atoms with E-state index in [-0.39, 0.29) is 18.1 Å². The summed E-state index contributed by atoms with van der Waals surface area (Å²) in [5.41, 5.74) is 9.10. The van der Waals surface area contributed by atoms with E-state index in [2.05, 4.69) is 15.5 Å². The number of hydrogen-bond acceptors (Lipinski definition) is 6. The molecular formula is C16H14N4O2S. The third-order valence-corrected chi connectivity index (χ3v) is 3.96. The number of anilines is 1. The summed E-state index contributed by atoms with van der Waals surface area (Å²) in [4.78, 5) is 15.8.